The maximum atomic E-state index is 16.5. The largest absolute Gasteiger partial charge is 0.480 e. The van der Waals surface area contributed by atoms with Gasteiger partial charge in [-0.25, -0.2) is 13.8 Å². The van der Waals surface area contributed by atoms with Crippen molar-refractivity contribution in [3.63, 3.8) is 0 Å². The molecule has 0 amide bonds. The Balaban J connectivity index is 1.42. The van der Waals surface area contributed by atoms with Crippen LogP contribution in [0.3, 0.4) is 0 Å². The number of pyridine rings is 1. The second kappa shape index (κ2) is 12.3. The third-order valence-electron chi connectivity index (χ3n) is 8.63. The van der Waals surface area contributed by atoms with Gasteiger partial charge in [0.2, 0.25) is 5.88 Å². The number of rotatable bonds is 12. The molecule has 42 heavy (non-hydrogen) atoms. The average molecular weight is 577 g/mol. The summed E-state index contributed by atoms with van der Waals surface area (Å²) in [6, 6.07) is 9.96. The fraction of sp³-hybridized carbons (Fsp3) is 0.469. The molecule has 0 spiro atoms. The van der Waals surface area contributed by atoms with Crippen molar-refractivity contribution in [2.45, 2.75) is 51.0 Å². The van der Waals surface area contributed by atoms with Crippen molar-refractivity contribution in [1.29, 1.82) is 0 Å². The Kier molecular flexibility index (Phi) is 8.35. The molecule has 0 saturated carbocycles. The number of nitrogens with zero attached hydrogens (tertiary/aromatic N) is 4. The number of hydrogen-bond acceptors (Lipinski definition) is 8. The Morgan fingerprint density at radius 1 is 0.952 bits per heavy atom. The van der Waals surface area contributed by atoms with Crippen LogP contribution in [0.4, 0.5) is 14.6 Å². The summed E-state index contributed by atoms with van der Waals surface area (Å²) in [6.07, 6.45) is 6.64. The van der Waals surface area contributed by atoms with E-state index in [0.29, 0.717) is 47.2 Å². The summed E-state index contributed by atoms with van der Waals surface area (Å²) < 4.78 is 43.1. The van der Waals surface area contributed by atoms with E-state index in [4.69, 9.17) is 14.5 Å². The van der Waals surface area contributed by atoms with Crippen LogP contribution in [0.25, 0.3) is 32.9 Å². The number of anilines is 1. The lowest BCUT2D eigenvalue weighted by Crippen LogP contribution is -2.43. The van der Waals surface area contributed by atoms with Gasteiger partial charge in [0.05, 0.1) is 12.6 Å². The molecule has 222 valence electrons. The van der Waals surface area contributed by atoms with Crippen LogP contribution in [0.2, 0.25) is 0 Å². The van der Waals surface area contributed by atoms with Crippen LogP contribution in [0.1, 0.15) is 45.4 Å². The number of hydrogen-bond donors (Lipinski definition) is 2. The minimum absolute atomic E-state index is 0.0121. The third-order valence-corrected chi connectivity index (χ3v) is 8.63. The zero-order chi connectivity index (χ0) is 29.1. The first-order valence-corrected chi connectivity index (χ1v) is 15.0. The standard InChI is InChI=1S/C32H38F2N6O2/c1-3-4-15-35-16-17-36-29-25-28(38-31(39-29)42-20-32-13-7-18-40(32)19-8-14-32)26(34)27(37-30(25)41-2)23-11-12-24(33)22-10-6-5-9-21(22)23/h5-6,9-12,35H,3-4,7-8,13-20H2,1-2H3,(H,36,38,39). The summed E-state index contributed by atoms with van der Waals surface area (Å²) in [5.41, 5.74) is 0.515. The molecule has 0 bridgehead atoms. The molecule has 8 nitrogen and oxygen atoms in total. The number of aromatic nitrogens is 3. The number of fused-ring (bicyclic) bond motifs is 3. The van der Waals surface area contributed by atoms with Crippen molar-refractivity contribution in [1.82, 2.24) is 25.2 Å². The van der Waals surface area contributed by atoms with Gasteiger partial charge < -0.3 is 20.1 Å². The molecule has 0 radical (unpaired) electrons. The number of ether oxygens (including phenoxy) is 2. The Labute approximate surface area is 244 Å². The maximum Gasteiger partial charge on any atom is 0.319 e. The molecule has 2 aromatic heterocycles. The van der Waals surface area contributed by atoms with Gasteiger partial charge in [0.15, 0.2) is 5.82 Å². The Morgan fingerprint density at radius 2 is 1.74 bits per heavy atom. The monoisotopic (exact) mass is 576 g/mol. The number of nitrogens with one attached hydrogen (secondary N) is 2. The van der Waals surface area contributed by atoms with Crippen LogP contribution in [0.5, 0.6) is 11.9 Å². The number of benzene rings is 2. The van der Waals surface area contributed by atoms with Crippen LogP contribution in [0, 0.1) is 11.6 Å². The molecule has 4 aromatic rings. The maximum absolute atomic E-state index is 16.5. The number of methoxy groups -OCH3 is 1. The Hall–Kier alpha value is -3.63. The van der Waals surface area contributed by atoms with Gasteiger partial charge in [-0.2, -0.15) is 9.97 Å². The summed E-state index contributed by atoms with van der Waals surface area (Å²) in [5.74, 6) is -0.440. The molecular formula is C32H38F2N6O2. The number of unbranched alkanes of at least 4 members (excludes halogenated alkanes) is 1. The first-order chi connectivity index (χ1) is 20.5. The van der Waals surface area contributed by atoms with Crippen LogP contribution >= 0.6 is 0 Å². The summed E-state index contributed by atoms with van der Waals surface area (Å²) in [6.45, 7) is 6.94. The van der Waals surface area contributed by atoms with Crippen molar-refractivity contribution in [2.75, 3.05) is 51.8 Å². The van der Waals surface area contributed by atoms with E-state index in [9.17, 15) is 4.39 Å². The van der Waals surface area contributed by atoms with Crippen molar-refractivity contribution in [3.05, 3.63) is 48.0 Å². The predicted octanol–water partition coefficient (Wildman–Crippen LogP) is 5.94. The molecule has 0 unspecified atom stereocenters. The Morgan fingerprint density at radius 3 is 2.50 bits per heavy atom. The highest BCUT2D eigenvalue weighted by atomic mass is 19.1. The zero-order valence-electron chi connectivity index (χ0n) is 24.3. The summed E-state index contributed by atoms with van der Waals surface area (Å²) in [4.78, 5) is 16.4. The number of halogens is 2. The van der Waals surface area contributed by atoms with Gasteiger partial charge in [0.25, 0.3) is 0 Å². The van der Waals surface area contributed by atoms with Gasteiger partial charge in [-0.1, -0.05) is 37.6 Å². The summed E-state index contributed by atoms with van der Waals surface area (Å²) >= 11 is 0. The van der Waals surface area contributed by atoms with Gasteiger partial charge in [-0.15, -0.1) is 0 Å². The van der Waals surface area contributed by atoms with Gasteiger partial charge in [0, 0.05) is 24.0 Å². The van der Waals surface area contributed by atoms with Crippen LogP contribution in [-0.2, 0) is 0 Å². The van der Waals surface area contributed by atoms with E-state index in [2.05, 4.69) is 32.4 Å². The molecular weight excluding hydrogens is 538 g/mol. The minimum Gasteiger partial charge on any atom is -0.480 e. The second-order valence-corrected chi connectivity index (χ2v) is 11.2. The summed E-state index contributed by atoms with van der Waals surface area (Å²) in [5, 5.41) is 8.02. The third kappa shape index (κ3) is 5.33. The van der Waals surface area contributed by atoms with E-state index in [-0.39, 0.29) is 34.5 Å². The fourth-order valence-corrected chi connectivity index (χ4v) is 6.46. The van der Waals surface area contributed by atoms with Crippen molar-refractivity contribution < 1.29 is 18.3 Å². The van der Waals surface area contributed by atoms with Crippen LogP contribution < -0.4 is 20.1 Å². The molecule has 2 aromatic carbocycles. The van der Waals surface area contributed by atoms with E-state index in [1.807, 2.05) is 0 Å². The van der Waals surface area contributed by atoms with E-state index >= 15 is 4.39 Å². The first-order valence-electron chi connectivity index (χ1n) is 15.0. The van der Waals surface area contributed by atoms with Crippen molar-refractivity contribution in [2.24, 2.45) is 0 Å². The molecule has 2 aliphatic rings. The predicted molar refractivity (Wildman–Crippen MR) is 161 cm³/mol. The molecule has 6 rings (SSSR count). The van der Waals surface area contributed by atoms with Gasteiger partial charge in [-0.3, -0.25) is 4.90 Å². The highest BCUT2D eigenvalue weighted by molar-refractivity contribution is 6.01. The lowest BCUT2D eigenvalue weighted by atomic mass is 9.95. The topological polar surface area (TPSA) is 84.4 Å². The average Bonchev–Trinajstić information content (AvgIpc) is 3.60. The smallest absolute Gasteiger partial charge is 0.319 e. The molecule has 4 heterocycles. The lowest BCUT2D eigenvalue weighted by Gasteiger charge is -2.31. The molecule has 10 heteroatoms. The van der Waals surface area contributed by atoms with Gasteiger partial charge >= 0.3 is 6.01 Å². The van der Waals surface area contributed by atoms with Crippen LogP contribution in [-0.4, -0.2) is 71.8 Å². The van der Waals surface area contributed by atoms with Gasteiger partial charge in [-0.05, 0) is 69.3 Å². The van der Waals surface area contributed by atoms with E-state index in [1.54, 1.807) is 30.3 Å². The molecule has 0 aliphatic carbocycles. The molecule has 2 saturated heterocycles. The molecule has 0 atom stereocenters. The highest BCUT2D eigenvalue weighted by Gasteiger charge is 2.45. The minimum atomic E-state index is -0.638. The molecule has 2 fully saturated rings. The SMILES string of the molecule is CCCCNCCNc1nc(OCC23CCCN2CCC3)nc2c(F)c(-c3ccc(F)c4ccccc34)nc(OC)c12. The van der Waals surface area contributed by atoms with E-state index < -0.39 is 5.82 Å². The Bertz CT molecular complexity index is 1570. The van der Waals surface area contributed by atoms with E-state index in [0.717, 1.165) is 58.2 Å². The highest BCUT2D eigenvalue weighted by Crippen LogP contribution is 2.41. The van der Waals surface area contributed by atoms with Crippen LogP contribution in [0.15, 0.2) is 36.4 Å². The normalized spacial score (nSPS) is 16.3. The molecule has 2 aliphatic heterocycles. The second-order valence-electron chi connectivity index (χ2n) is 11.2. The molecule has 2 N–H and O–H groups in total. The van der Waals surface area contributed by atoms with Crippen molar-refractivity contribution in [3.8, 4) is 23.1 Å². The quantitative estimate of drug-likeness (QED) is 0.201. The first kappa shape index (κ1) is 28.5. The summed E-state index contributed by atoms with van der Waals surface area (Å²) in [7, 11) is 1.49. The van der Waals surface area contributed by atoms with Gasteiger partial charge in [0.1, 0.15) is 34.8 Å². The lowest BCUT2D eigenvalue weighted by molar-refractivity contribution is 0.108. The van der Waals surface area contributed by atoms with Crippen molar-refractivity contribution >= 4 is 27.5 Å². The zero-order valence-corrected chi connectivity index (χ0v) is 24.3. The van der Waals surface area contributed by atoms with E-state index in [1.165, 1.54) is 13.2 Å². The fourth-order valence-electron chi connectivity index (χ4n) is 6.46.